The summed E-state index contributed by atoms with van der Waals surface area (Å²) in [6.07, 6.45) is 1.04. The molecule has 0 atom stereocenters. The molecule has 0 radical (unpaired) electrons. The first-order valence-corrected chi connectivity index (χ1v) is 10.0. The van der Waals surface area contributed by atoms with Gasteiger partial charge >= 0.3 is 0 Å². The van der Waals surface area contributed by atoms with Gasteiger partial charge in [0.15, 0.2) is 0 Å². The highest BCUT2D eigenvalue weighted by molar-refractivity contribution is 7.92. The molecule has 136 valence electrons. The number of nitrogens with one attached hydrogen (secondary N) is 1. The van der Waals surface area contributed by atoms with Crippen LogP contribution >= 0.6 is 11.6 Å². The van der Waals surface area contributed by atoms with Crippen LogP contribution in [0.3, 0.4) is 0 Å². The standard InChI is InChI=1S/C18H18ClN3O3S/c1-26(24,25)22(16-7-4-5-14(11-16)12-20)10-9-18(23)21-13-15-6-2-3-8-17(15)19/h2-8,11H,9-10,13H2,1H3,(H,21,23). The van der Waals surface area contributed by atoms with Crippen LogP contribution in [0.15, 0.2) is 48.5 Å². The Labute approximate surface area is 158 Å². The van der Waals surface area contributed by atoms with Gasteiger partial charge in [-0.15, -0.1) is 0 Å². The van der Waals surface area contributed by atoms with E-state index in [1.165, 1.54) is 6.07 Å². The molecule has 0 unspecified atom stereocenters. The molecule has 0 aromatic heterocycles. The average molecular weight is 392 g/mol. The van der Waals surface area contributed by atoms with Crippen LogP contribution in [-0.2, 0) is 21.4 Å². The Morgan fingerprint density at radius 3 is 2.62 bits per heavy atom. The lowest BCUT2D eigenvalue weighted by molar-refractivity contribution is -0.121. The number of nitrogens with zero attached hydrogens (tertiary/aromatic N) is 2. The highest BCUT2D eigenvalue weighted by atomic mass is 35.5. The van der Waals surface area contributed by atoms with Gasteiger partial charge in [-0.25, -0.2) is 8.42 Å². The zero-order valence-electron chi connectivity index (χ0n) is 14.1. The van der Waals surface area contributed by atoms with Crippen molar-refractivity contribution in [2.75, 3.05) is 17.1 Å². The lowest BCUT2D eigenvalue weighted by Crippen LogP contribution is -2.34. The maximum absolute atomic E-state index is 12.1. The van der Waals surface area contributed by atoms with Crippen LogP contribution in [0.2, 0.25) is 5.02 Å². The van der Waals surface area contributed by atoms with E-state index in [0.717, 1.165) is 16.1 Å². The Morgan fingerprint density at radius 2 is 1.96 bits per heavy atom. The summed E-state index contributed by atoms with van der Waals surface area (Å²) >= 11 is 6.04. The van der Waals surface area contributed by atoms with Gasteiger partial charge in [-0.05, 0) is 29.8 Å². The van der Waals surface area contributed by atoms with Crippen LogP contribution in [-0.4, -0.2) is 27.1 Å². The smallest absolute Gasteiger partial charge is 0.232 e. The maximum Gasteiger partial charge on any atom is 0.232 e. The predicted molar refractivity (Wildman–Crippen MR) is 101 cm³/mol. The van der Waals surface area contributed by atoms with Gasteiger partial charge in [0.1, 0.15) is 0 Å². The van der Waals surface area contributed by atoms with Crippen molar-refractivity contribution >= 4 is 33.2 Å². The van der Waals surface area contributed by atoms with Gasteiger partial charge in [0.2, 0.25) is 15.9 Å². The lowest BCUT2D eigenvalue weighted by Gasteiger charge is -2.22. The molecule has 0 aliphatic heterocycles. The van der Waals surface area contributed by atoms with Crippen molar-refractivity contribution < 1.29 is 13.2 Å². The van der Waals surface area contributed by atoms with Crippen LogP contribution < -0.4 is 9.62 Å². The molecule has 0 saturated carbocycles. The van der Waals surface area contributed by atoms with E-state index in [0.29, 0.717) is 16.3 Å². The number of rotatable bonds is 7. The Kier molecular flexibility index (Phi) is 6.61. The molecule has 0 fully saturated rings. The van der Waals surface area contributed by atoms with E-state index in [1.807, 2.05) is 12.1 Å². The third kappa shape index (κ3) is 5.48. The molecular formula is C18H18ClN3O3S. The van der Waals surface area contributed by atoms with Crippen LogP contribution in [0.5, 0.6) is 0 Å². The van der Waals surface area contributed by atoms with Crippen molar-refractivity contribution in [1.29, 1.82) is 5.26 Å². The Balaban J connectivity index is 2.02. The fourth-order valence-electron chi connectivity index (χ4n) is 2.34. The summed E-state index contributed by atoms with van der Waals surface area (Å²) < 4.78 is 25.2. The summed E-state index contributed by atoms with van der Waals surface area (Å²) in [5.74, 6) is -0.296. The molecule has 0 heterocycles. The van der Waals surface area contributed by atoms with E-state index < -0.39 is 10.0 Å². The fraction of sp³-hybridized carbons (Fsp3) is 0.222. The van der Waals surface area contributed by atoms with Crippen molar-refractivity contribution in [3.05, 3.63) is 64.7 Å². The van der Waals surface area contributed by atoms with Gasteiger partial charge < -0.3 is 5.32 Å². The molecule has 0 aliphatic rings. The fourth-order valence-corrected chi connectivity index (χ4v) is 3.47. The predicted octanol–water partition coefficient (Wildman–Crippen LogP) is 2.68. The molecule has 0 aliphatic carbocycles. The first kappa shape index (κ1) is 19.8. The van der Waals surface area contributed by atoms with E-state index in [1.54, 1.807) is 36.4 Å². The number of nitriles is 1. The number of sulfonamides is 1. The summed E-state index contributed by atoms with van der Waals surface area (Å²) in [6.45, 7) is 0.239. The minimum atomic E-state index is -3.59. The second-order valence-corrected chi connectivity index (χ2v) is 7.93. The number of amides is 1. The third-order valence-corrected chi connectivity index (χ3v) is 5.20. The summed E-state index contributed by atoms with van der Waals surface area (Å²) in [5.41, 5.74) is 1.48. The van der Waals surface area contributed by atoms with Crippen LogP contribution in [0.25, 0.3) is 0 Å². The molecule has 8 heteroatoms. The van der Waals surface area contributed by atoms with Crippen LogP contribution in [0.1, 0.15) is 17.5 Å². The van der Waals surface area contributed by atoms with Crippen LogP contribution in [0, 0.1) is 11.3 Å². The topological polar surface area (TPSA) is 90.3 Å². The van der Waals surface area contributed by atoms with E-state index >= 15 is 0 Å². The van der Waals surface area contributed by atoms with Gasteiger partial charge in [-0.2, -0.15) is 5.26 Å². The minimum Gasteiger partial charge on any atom is -0.352 e. The molecule has 0 saturated heterocycles. The van der Waals surface area contributed by atoms with Crippen LogP contribution in [0.4, 0.5) is 5.69 Å². The van der Waals surface area contributed by atoms with E-state index in [2.05, 4.69) is 5.32 Å². The number of benzene rings is 2. The monoisotopic (exact) mass is 391 g/mol. The Morgan fingerprint density at radius 1 is 1.23 bits per heavy atom. The van der Waals surface area contributed by atoms with E-state index in [4.69, 9.17) is 16.9 Å². The van der Waals surface area contributed by atoms with Crippen molar-refractivity contribution in [2.24, 2.45) is 0 Å². The molecule has 2 aromatic rings. The lowest BCUT2D eigenvalue weighted by atomic mass is 10.2. The molecule has 1 amide bonds. The first-order valence-electron chi connectivity index (χ1n) is 7.79. The third-order valence-electron chi connectivity index (χ3n) is 3.64. The summed E-state index contributed by atoms with van der Waals surface area (Å²) in [5, 5.41) is 12.3. The van der Waals surface area contributed by atoms with Gasteiger partial charge in [0.25, 0.3) is 0 Å². The zero-order valence-corrected chi connectivity index (χ0v) is 15.7. The number of hydrogen-bond acceptors (Lipinski definition) is 4. The number of halogens is 1. The minimum absolute atomic E-state index is 0.0195. The second kappa shape index (κ2) is 8.70. The molecule has 6 nitrogen and oxygen atoms in total. The number of carbonyl (C=O) groups is 1. The molecule has 1 N–H and O–H groups in total. The van der Waals surface area contributed by atoms with Crippen molar-refractivity contribution in [1.82, 2.24) is 5.32 Å². The zero-order chi connectivity index (χ0) is 19.2. The Hall–Kier alpha value is -2.56. The number of anilines is 1. The van der Waals surface area contributed by atoms with Gasteiger partial charge in [0, 0.05) is 24.5 Å². The van der Waals surface area contributed by atoms with E-state index in [9.17, 15) is 13.2 Å². The average Bonchev–Trinajstić information content (AvgIpc) is 2.60. The van der Waals surface area contributed by atoms with Gasteiger partial charge in [-0.3, -0.25) is 9.10 Å². The van der Waals surface area contributed by atoms with Crippen molar-refractivity contribution in [3.63, 3.8) is 0 Å². The van der Waals surface area contributed by atoms with Gasteiger partial charge in [0.05, 0.1) is 23.6 Å². The Bertz CT molecular complexity index is 939. The summed E-state index contributed by atoms with van der Waals surface area (Å²) in [4.78, 5) is 12.1. The first-order chi connectivity index (χ1) is 12.3. The quantitative estimate of drug-likeness (QED) is 0.785. The van der Waals surface area contributed by atoms with E-state index in [-0.39, 0.29) is 25.4 Å². The molecule has 2 aromatic carbocycles. The highest BCUT2D eigenvalue weighted by Crippen LogP contribution is 2.19. The molecule has 2 rings (SSSR count). The van der Waals surface area contributed by atoms with Gasteiger partial charge in [-0.1, -0.05) is 35.9 Å². The molecule has 26 heavy (non-hydrogen) atoms. The normalized spacial score (nSPS) is 10.8. The molecular weight excluding hydrogens is 374 g/mol. The summed E-state index contributed by atoms with van der Waals surface area (Å²) in [6, 6.07) is 15.4. The summed E-state index contributed by atoms with van der Waals surface area (Å²) in [7, 11) is -3.59. The molecule has 0 spiro atoms. The second-order valence-electron chi connectivity index (χ2n) is 5.62. The number of carbonyl (C=O) groups excluding carboxylic acids is 1. The number of hydrogen-bond donors (Lipinski definition) is 1. The van der Waals surface area contributed by atoms with Crippen molar-refractivity contribution in [2.45, 2.75) is 13.0 Å². The van der Waals surface area contributed by atoms with Crippen molar-refractivity contribution in [3.8, 4) is 6.07 Å². The molecule has 0 bridgehead atoms. The largest absolute Gasteiger partial charge is 0.352 e. The SMILES string of the molecule is CS(=O)(=O)N(CCC(=O)NCc1ccccc1Cl)c1cccc(C#N)c1. The maximum atomic E-state index is 12.1. The highest BCUT2D eigenvalue weighted by Gasteiger charge is 2.19.